The lowest BCUT2D eigenvalue weighted by Gasteiger charge is -2.46. The first-order chi connectivity index (χ1) is 13.9. The topological polar surface area (TPSA) is 53.1 Å². The molecular formula is C23H33N3O3. The quantitative estimate of drug-likeness (QED) is 0.780. The Kier molecular flexibility index (Phi) is 5.32. The minimum Gasteiger partial charge on any atom is -0.497 e. The number of benzene rings is 1. The van der Waals surface area contributed by atoms with Crippen LogP contribution in [0.15, 0.2) is 24.3 Å². The van der Waals surface area contributed by atoms with Gasteiger partial charge in [-0.25, -0.2) is 0 Å². The average Bonchev–Trinajstić information content (AvgIpc) is 3.22. The van der Waals surface area contributed by atoms with Crippen LogP contribution in [0.3, 0.4) is 0 Å². The average molecular weight is 400 g/mol. The molecule has 3 fully saturated rings. The standard InChI is InChI=1S/C23H33N3O3/c1-16(2)13-25-14-19-20(15-25)23(24(3)22(19)28)9-11-26(12-10-23)21(27)17-5-7-18(29-4)8-6-17/h5-8,16,19-20H,9-15H2,1-4H3/t19-,20+/m0/s1. The minimum atomic E-state index is -0.0931. The van der Waals surface area contributed by atoms with Crippen LogP contribution in [-0.2, 0) is 4.79 Å². The lowest BCUT2D eigenvalue weighted by atomic mass is 9.75. The molecule has 3 heterocycles. The van der Waals surface area contributed by atoms with Gasteiger partial charge in [-0.05, 0) is 43.0 Å². The highest BCUT2D eigenvalue weighted by Gasteiger charge is 2.60. The highest BCUT2D eigenvalue weighted by atomic mass is 16.5. The molecule has 1 spiro atoms. The molecule has 1 aromatic carbocycles. The summed E-state index contributed by atoms with van der Waals surface area (Å²) in [7, 11) is 3.60. The first-order valence-corrected chi connectivity index (χ1v) is 10.8. The summed E-state index contributed by atoms with van der Waals surface area (Å²) in [6.07, 6.45) is 1.74. The van der Waals surface area contributed by atoms with Gasteiger partial charge in [-0.15, -0.1) is 0 Å². The first kappa shape index (κ1) is 20.2. The van der Waals surface area contributed by atoms with Crippen LogP contribution < -0.4 is 4.74 Å². The van der Waals surface area contributed by atoms with Crippen LogP contribution in [0.2, 0.25) is 0 Å². The number of hydrogen-bond acceptors (Lipinski definition) is 4. The highest BCUT2D eigenvalue weighted by Crippen LogP contribution is 2.49. The molecule has 3 aliphatic rings. The van der Waals surface area contributed by atoms with E-state index in [9.17, 15) is 9.59 Å². The van der Waals surface area contributed by atoms with E-state index in [1.807, 2.05) is 41.1 Å². The fourth-order valence-corrected chi connectivity index (χ4v) is 5.78. The second-order valence-electron chi connectivity index (χ2n) is 9.35. The van der Waals surface area contributed by atoms with Crippen molar-refractivity contribution in [2.75, 3.05) is 46.9 Å². The van der Waals surface area contributed by atoms with Crippen molar-refractivity contribution in [2.45, 2.75) is 32.2 Å². The largest absolute Gasteiger partial charge is 0.497 e. The summed E-state index contributed by atoms with van der Waals surface area (Å²) in [5, 5.41) is 0. The SMILES string of the molecule is COc1ccc(C(=O)N2CCC3(CC2)[C@@H]2CN(CC(C)C)C[C@@H]2C(=O)N3C)cc1. The molecule has 3 saturated heterocycles. The highest BCUT2D eigenvalue weighted by molar-refractivity contribution is 5.94. The maximum atomic E-state index is 13.0. The van der Waals surface area contributed by atoms with Gasteiger partial charge in [0.1, 0.15) is 5.75 Å². The molecule has 4 rings (SSSR count). The Balaban J connectivity index is 1.45. The van der Waals surface area contributed by atoms with Gasteiger partial charge in [-0.3, -0.25) is 9.59 Å². The van der Waals surface area contributed by atoms with E-state index in [2.05, 4.69) is 18.7 Å². The molecule has 0 unspecified atom stereocenters. The van der Waals surface area contributed by atoms with Crippen molar-refractivity contribution in [2.24, 2.45) is 17.8 Å². The van der Waals surface area contributed by atoms with Crippen LogP contribution in [0.1, 0.15) is 37.0 Å². The molecule has 0 N–H and O–H groups in total. The van der Waals surface area contributed by atoms with E-state index < -0.39 is 0 Å². The van der Waals surface area contributed by atoms with Gasteiger partial charge in [0.2, 0.25) is 5.91 Å². The van der Waals surface area contributed by atoms with Crippen LogP contribution in [-0.4, -0.2) is 78.9 Å². The monoisotopic (exact) mass is 399 g/mol. The van der Waals surface area contributed by atoms with E-state index in [-0.39, 0.29) is 17.4 Å². The zero-order valence-corrected chi connectivity index (χ0v) is 18.1. The van der Waals surface area contributed by atoms with Crippen molar-refractivity contribution in [3.8, 4) is 5.75 Å². The van der Waals surface area contributed by atoms with Gasteiger partial charge in [0, 0.05) is 51.3 Å². The van der Waals surface area contributed by atoms with Gasteiger partial charge >= 0.3 is 0 Å². The predicted octanol–water partition coefficient (Wildman–Crippen LogP) is 2.35. The van der Waals surface area contributed by atoms with Gasteiger partial charge in [0.05, 0.1) is 18.6 Å². The molecule has 0 saturated carbocycles. The smallest absolute Gasteiger partial charge is 0.253 e. The summed E-state index contributed by atoms with van der Waals surface area (Å²) in [5.74, 6) is 2.25. The predicted molar refractivity (Wildman–Crippen MR) is 112 cm³/mol. The number of carbonyl (C=O) groups is 2. The lowest BCUT2D eigenvalue weighted by molar-refractivity contribution is -0.133. The van der Waals surface area contributed by atoms with Crippen LogP contribution in [0.4, 0.5) is 0 Å². The normalized spacial score (nSPS) is 26.4. The van der Waals surface area contributed by atoms with Gasteiger partial charge in [0.25, 0.3) is 5.91 Å². The minimum absolute atomic E-state index is 0.0684. The molecule has 6 heteroatoms. The number of amides is 2. The number of piperidine rings is 1. The molecule has 6 nitrogen and oxygen atoms in total. The van der Waals surface area contributed by atoms with Crippen LogP contribution in [0, 0.1) is 17.8 Å². The summed E-state index contributed by atoms with van der Waals surface area (Å²) >= 11 is 0. The van der Waals surface area contributed by atoms with E-state index in [1.165, 1.54) is 0 Å². The van der Waals surface area contributed by atoms with Crippen molar-refractivity contribution in [3.05, 3.63) is 29.8 Å². The van der Waals surface area contributed by atoms with Crippen molar-refractivity contribution in [3.63, 3.8) is 0 Å². The summed E-state index contributed by atoms with van der Waals surface area (Å²) in [5.41, 5.74) is 0.601. The van der Waals surface area contributed by atoms with Crippen molar-refractivity contribution in [1.82, 2.24) is 14.7 Å². The molecule has 0 radical (unpaired) electrons. The summed E-state index contributed by atoms with van der Waals surface area (Å²) < 4.78 is 5.19. The fourth-order valence-electron chi connectivity index (χ4n) is 5.78. The molecule has 1 aromatic rings. The third-order valence-electron chi connectivity index (χ3n) is 7.28. The lowest BCUT2D eigenvalue weighted by Crippen LogP contribution is -2.56. The Morgan fingerprint density at radius 2 is 1.83 bits per heavy atom. The number of methoxy groups -OCH3 is 1. The summed E-state index contributed by atoms with van der Waals surface area (Å²) in [4.78, 5) is 32.4. The summed E-state index contributed by atoms with van der Waals surface area (Å²) in [6, 6.07) is 7.31. The Morgan fingerprint density at radius 1 is 1.17 bits per heavy atom. The third-order valence-corrected chi connectivity index (χ3v) is 7.28. The maximum Gasteiger partial charge on any atom is 0.253 e. The summed E-state index contributed by atoms with van der Waals surface area (Å²) in [6.45, 7) is 8.84. The Bertz CT molecular complexity index is 768. The zero-order valence-electron chi connectivity index (χ0n) is 18.1. The van der Waals surface area contributed by atoms with Gasteiger partial charge < -0.3 is 19.4 Å². The van der Waals surface area contributed by atoms with Crippen LogP contribution >= 0.6 is 0 Å². The second kappa shape index (κ2) is 7.63. The van der Waals surface area contributed by atoms with Gasteiger partial charge in [-0.2, -0.15) is 0 Å². The fraction of sp³-hybridized carbons (Fsp3) is 0.652. The second-order valence-corrected chi connectivity index (χ2v) is 9.35. The molecule has 0 aliphatic carbocycles. The first-order valence-electron chi connectivity index (χ1n) is 10.8. The van der Waals surface area contributed by atoms with E-state index in [4.69, 9.17) is 4.74 Å². The molecule has 2 amide bonds. The number of fused-ring (bicyclic) bond motifs is 2. The number of carbonyl (C=O) groups excluding carboxylic acids is 2. The third kappa shape index (κ3) is 3.41. The van der Waals surface area contributed by atoms with Crippen molar-refractivity contribution >= 4 is 11.8 Å². The Hall–Kier alpha value is -2.08. The molecular weight excluding hydrogens is 366 g/mol. The van der Waals surface area contributed by atoms with Crippen LogP contribution in [0.5, 0.6) is 5.75 Å². The Morgan fingerprint density at radius 3 is 2.41 bits per heavy atom. The number of ether oxygens (including phenoxy) is 1. The van der Waals surface area contributed by atoms with E-state index in [0.717, 1.165) is 38.2 Å². The van der Waals surface area contributed by atoms with Gasteiger partial charge in [0.15, 0.2) is 0 Å². The number of nitrogens with zero attached hydrogens (tertiary/aromatic N) is 3. The molecule has 0 aromatic heterocycles. The van der Waals surface area contributed by atoms with Gasteiger partial charge in [-0.1, -0.05) is 13.8 Å². The number of hydrogen-bond donors (Lipinski definition) is 0. The maximum absolute atomic E-state index is 13.0. The molecule has 0 bridgehead atoms. The number of rotatable bonds is 4. The van der Waals surface area contributed by atoms with E-state index in [0.29, 0.717) is 36.4 Å². The molecule has 29 heavy (non-hydrogen) atoms. The molecule has 3 aliphatic heterocycles. The number of likely N-dealkylation sites (tertiary alicyclic amines) is 3. The van der Waals surface area contributed by atoms with E-state index in [1.54, 1.807) is 7.11 Å². The van der Waals surface area contributed by atoms with Crippen molar-refractivity contribution in [1.29, 1.82) is 0 Å². The zero-order chi connectivity index (χ0) is 20.8. The van der Waals surface area contributed by atoms with Crippen LogP contribution in [0.25, 0.3) is 0 Å². The Labute approximate surface area is 173 Å². The van der Waals surface area contributed by atoms with E-state index >= 15 is 0 Å². The molecule has 2 atom stereocenters. The molecule has 158 valence electrons. The van der Waals surface area contributed by atoms with Crippen molar-refractivity contribution < 1.29 is 14.3 Å².